The maximum absolute atomic E-state index is 12.9. The summed E-state index contributed by atoms with van der Waals surface area (Å²) >= 11 is 0. The number of fused-ring (bicyclic) bond motifs is 1. The first-order valence-corrected chi connectivity index (χ1v) is 11.5. The molecule has 2 saturated heterocycles. The molecule has 2 heterocycles. The number of unbranched alkanes of at least 4 members (excludes halogenated alkanes) is 2. The highest BCUT2D eigenvalue weighted by Gasteiger charge is 2.36. The molecule has 5 nitrogen and oxygen atoms in total. The molecule has 1 N–H and O–H groups in total. The topological polar surface area (TPSA) is 52.7 Å². The van der Waals surface area contributed by atoms with Crippen molar-refractivity contribution in [2.24, 2.45) is 11.8 Å². The van der Waals surface area contributed by atoms with E-state index in [4.69, 9.17) is 0 Å². The number of piperidine rings is 2. The molecule has 1 saturated carbocycles. The van der Waals surface area contributed by atoms with Crippen LogP contribution in [0.15, 0.2) is 0 Å². The van der Waals surface area contributed by atoms with Crippen molar-refractivity contribution in [3.8, 4) is 0 Å². The third kappa shape index (κ3) is 5.69. The van der Waals surface area contributed by atoms with Gasteiger partial charge in [-0.2, -0.15) is 0 Å². The van der Waals surface area contributed by atoms with Gasteiger partial charge < -0.3 is 10.2 Å². The fourth-order valence-corrected chi connectivity index (χ4v) is 5.30. The van der Waals surface area contributed by atoms with E-state index in [2.05, 4.69) is 22.0 Å². The highest BCUT2D eigenvalue weighted by molar-refractivity contribution is 5.79. The van der Waals surface area contributed by atoms with Gasteiger partial charge in [0.2, 0.25) is 11.8 Å². The molecule has 2 amide bonds. The zero-order valence-corrected chi connectivity index (χ0v) is 17.3. The number of likely N-dealkylation sites (tertiary alicyclic amines) is 2. The zero-order chi connectivity index (χ0) is 19.1. The van der Waals surface area contributed by atoms with Crippen molar-refractivity contribution in [2.45, 2.75) is 83.6 Å². The molecule has 0 spiro atoms. The van der Waals surface area contributed by atoms with Crippen molar-refractivity contribution in [2.75, 3.05) is 32.7 Å². The van der Waals surface area contributed by atoms with Crippen molar-refractivity contribution < 1.29 is 9.59 Å². The summed E-state index contributed by atoms with van der Waals surface area (Å²) in [5.41, 5.74) is 0. The van der Waals surface area contributed by atoms with Gasteiger partial charge in [-0.05, 0) is 64.0 Å². The maximum Gasteiger partial charge on any atom is 0.237 e. The van der Waals surface area contributed by atoms with Crippen LogP contribution in [0.25, 0.3) is 0 Å². The van der Waals surface area contributed by atoms with Crippen LogP contribution in [0.2, 0.25) is 0 Å². The quantitative estimate of drug-likeness (QED) is 0.693. The van der Waals surface area contributed by atoms with E-state index >= 15 is 0 Å². The maximum atomic E-state index is 12.9. The Labute approximate surface area is 165 Å². The zero-order valence-electron chi connectivity index (χ0n) is 17.3. The molecule has 0 aromatic rings. The van der Waals surface area contributed by atoms with Gasteiger partial charge in [0, 0.05) is 25.0 Å². The van der Waals surface area contributed by atoms with Crippen LogP contribution >= 0.6 is 0 Å². The molecule has 3 fully saturated rings. The number of nitrogens with one attached hydrogen (secondary N) is 1. The Bertz CT molecular complexity index is 486. The summed E-state index contributed by atoms with van der Waals surface area (Å²) < 4.78 is 0. The largest absolute Gasteiger partial charge is 0.356 e. The first-order valence-electron chi connectivity index (χ1n) is 11.5. The Balaban J connectivity index is 1.39. The molecular formula is C22H39N3O2. The Morgan fingerprint density at radius 2 is 1.67 bits per heavy atom. The minimum atomic E-state index is 0.135. The molecule has 2 aliphatic heterocycles. The van der Waals surface area contributed by atoms with Crippen LogP contribution in [0.5, 0.6) is 0 Å². The second kappa shape index (κ2) is 10.4. The molecule has 27 heavy (non-hydrogen) atoms. The summed E-state index contributed by atoms with van der Waals surface area (Å²) in [6, 6.07) is 0.506. The normalized spacial score (nSPS) is 27.2. The van der Waals surface area contributed by atoms with Crippen LogP contribution in [0, 0.1) is 11.8 Å². The predicted molar refractivity (Wildman–Crippen MR) is 108 cm³/mol. The summed E-state index contributed by atoms with van der Waals surface area (Å²) in [4.78, 5) is 29.7. The number of nitrogens with zero attached hydrogens (tertiary/aromatic N) is 2. The van der Waals surface area contributed by atoms with Crippen molar-refractivity contribution in [3.05, 3.63) is 0 Å². The monoisotopic (exact) mass is 377 g/mol. The molecule has 3 rings (SSSR count). The Hall–Kier alpha value is -1.10. The third-order valence-electron chi connectivity index (χ3n) is 6.96. The molecule has 1 aliphatic carbocycles. The molecule has 0 aromatic carbocycles. The van der Waals surface area contributed by atoms with E-state index in [0.717, 1.165) is 51.4 Å². The average molecular weight is 378 g/mol. The first kappa shape index (κ1) is 20.6. The highest BCUT2D eigenvalue weighted by Crippen LogP contribution is 2.35. The average Bonchev–Trinajstić information content (AvgIpc) is 2.71. The van der Waals surface area contributed by atoms with Gasteiger partial charge in [0.1, 0.15) is 0 Å². The lowest BCUT2D eigenvalue weighted by Gasteiger charge is -2.45. The molecule has 0 radical (unpaired) electrons. The molecule has 2 unspecified atom stereocenters. The molecule has 3 aliphatic rings. The smallest absolute Gasteiger partial charge is 0.237 e. The second-order valence-corrected chi connectivity index (χ2v) is 8.89. The summed E-state index contributed by atoms with van der Waals surface area (Å²) in [6.07, 6.45) is 12.8. The second-order valence-electron chi connectivity index (χ2n) is 8.89. The van der Waals surface area contributed by atoms with Gasteiger partial charge in [-0.15, -0.1) is 0 Å². The molecular weight excluding hydrogens is 338 g/mol. The summed E-state index contributed by atoms with van der Waals surface area (Å²) in [5, 5.41) is 3.09. The number of carbonyl (C=O) groups is 2. The van der Waals surface area contributed by atoms with Gasteiger partial charge in [-0.25, -0.2) is 0 Å². The van der Waals surface area contributed by atoms with Crippen LogP contribution in [0.3, 0.4) is 0 Å². The van der Waals surface area contributed by atoms with Crippen LogP contribution in [-0.2, 0) is 9.59 Å². The predicted octanol–water partition coefficient (Wildman–Crippen LogP) is 3.19. The number of amides is 2. The Morgan fingerprint density at radius 1 is 0.926 bits per heavy atom. The van der Waals surface area contributed by atoms with Crippen LogP contribution in [-0.4, -0.2) is 60.4 Å². The van der Waals surface area contributed by atoms with E-state index in [9.17, 15) is 9.59 Å². The van der Waals surface area contributed by atoms with E-state index in [1.807, 2.05) is 0 Å². The Kier molecular flexibility index (Phi) is 7.98. The van der Waals surface area contributed by atoms with Crippen molar-refractivity contribution in [3.63, 3.8) is 0 Å². The molecule has 0 bridgehead atoms. The van der Waals surface area contributed by atoms with E-state index in [0.29, 0.717) is 18.5 Å². The van der Waals surface area contributed by atoms with E-state index in [-0.39, 0.29) is 11.8 Å². The SMILES string of the molecule is CCCCCNC(=O)C1CCN(CC(=O)N2CCCC3CCCCC32)CC1. The molecule has 154 valence electrons. The number of carbonyl (C=O) groups excluding carboxylic acids is 2. The van der Waals surface area contributed by atoms with Gasteiger partial charge in [0.25, 0.3) is 0 Å². The fraction of sp³-hybridized carbons (Fsp3) is 0.909. The van der Waals surface area contributed by atoms with E-state index in [1.165, 1.54) is 51.4 Å². The van der Waals surface area contributed by atoms with Gasteiger partial charge >= 0.3 is 0 Å². The summed E-state index contributed by atoms with van der Waals surface area (Å²) in [5.74, 6) is 1.43. The first-order chi connectivity index (χ1) is 13.2. The van der Waals surface area contributed by atoms with Crippen molar-refractivity contribution >= 4 is 11.8 Å². The lowest BCUT2D eigenvalue weighted by molar-refractivity contribution is -0.139. The van der Waals surface area contributed by atoms with Crippen molar-refractivity contribution in [1.29, 1.82) is 0 Å². The van der Waals surface area contributed by atoms with Crippen LogP contribution < -0.4 is 5.32 Å². The molecule has 5 heteroatoms. The van der Waals surface area contributed by atoms with Gasteiger partial charge in [0.05, 0.1) is 6.54 Å². The third-order valence-corrected chi connectivity index (χ3v) is 6.96. The number of rotatable bonds is 7. The van der Waals surface area contributed by atoms with Gasteiger partial charge in [0.15, 0.2) is 0 Å². The number of hydrogen-bond donors (Lipinski definition) is 1. The summed E-state index contributed by atoms with van der Waals surface area (Å²) in [6.45, 7) is 6.24. The minimum absolute atomic E-state index is 0.135. The van der Waals surface area contributed by atoms with Crippen LogP contribution in [0.4, 0.5) is 0 Å². The van der Waals surface area contributed by atoms with Crippen LogP contribution in [0.1, 0.15) is 77.6 Å². The number of hydrogen-bond acceptors (Lipinski definition) is 3. The standard InChI is InChI=1S/C22H39N3O2/c1-2-3-6-13-23-22(27)19-11-15-24(16-12-19)17-21(26)25-14-7-9-18-8-4-5-10-20(18)25/h18-20H,2-17H2,1H3,(H,23,27). The molecule has 0 aromatic heterocycles. The lowest BCUT2D eigenvalue weighted by atomic mass is 9.78. The van der Waals surface area contributed by atoms with E-state index in [1.54, 1.807) is 0 Å². The van der Waals surface area contributed by atoms with Crippen molar-refractivity contribution in [1.82, 2.24) is 15.1 Å². The van der Waals surface area contributed by atoms with Gasteiger partial charge in [-0.3, -0.25) is 14.5 Å². The van der Waals surface area contributed by atoms with E-state index < -0.39 is 0 Å². The van der Waals surface area contributed by atoms with Gasteiger partial charge in [-0.1, -0.05) is 32.6 Å². The Morgan fingerprint density at radius 3 is 2.44 bits per heavy atom. The molecule has 2 atom stereocenters. The highest BCUT2D eigenvalue weighted by atomic mass is 16.2. The minimum Gasteiger partial charge on any atom is -0.356 e. The summed E-state index contributed by atoms with van der Waals surface area (Å²) in [7, 11) is 0. The fourth-order valence-electron chi connectivity index (χ4n) is 5.30. The lowest BCUT2D eigenvalue weighted by Crippen LogP contribution is -2.53.